The third-order valence-corrected chi connectivity index (χ3v) is 3.45. The molecule has 0 fully saturated rings. The van der Waals surface area contributed by atoms with Gasteiger partial charge in [0.1, 0.15) is 0 Å². The predicted octanol–water partition coefficient (Wildman–Crippen LogP) is 3.08. The summed E-state index contributed by atoms with van der Waals surface area (Å²) in [6, 6.07) is 5.80. The molecule has 0 aliphatic carbocycles. The SMILES string of the molecule is CCc1nnc(CNC(=O)Nc2c(CC)cccc2CC)o1. The lowest BCUT2D eigenvalue weighted by atomic mass is 10.0. The monoisotopic (exact) mass is 302 g/mol. The number of aryl methyl sites for hydroxylation is 3. The summed E-state index contributed by atoms with van der Waals surface area (Å²) in [4.78, 5) is 12.1. The van der Waals surface area contributed by atoms with Gasteiger partial charge < -0.3 is 15.1 Å². The van der Waals surface area contributed by atoms with E-state index in [-0.39, 0.29) is 12.6 Å². The number of nitrogens with zero attached hydrogens (tertiary/aromatic N) is 2. The van der Waals surface area contributed by atoms with Gasteiger partial charge >= 0.3 is 6.03 Å². The molecule has 0 unspecified atom stereocenters. The van der Waals surface area contributed by atoms with Crippen molar-refractivity contribution in [3.8, 4) is 0 Å². The minimum atomic E-state index is -0.271. The highest BCUT2D eigenvalue weighted by atomic mass is 16.4. The molecule has 6 nitrogen and oxygen atoms in total. The molecule has 1 heterocycles. The molecule has 1 aromatic heterocycles. The first kappa shape index (κ1) is 16.0. The fourth-order valence-electron chi connectivity index (χ4n) is 2.22. The van der Waals surface area contributed by atoms with Crippen LogP contribution in [0.3, 0.4) is 0 Å². The van der Waals surface area contributed by atoms with Gasteiger partial charge in [-0.1, -0.05) is 39.0 Å². The second-order valence-electron chi connectivity index (χ2n) is 4.91. The number of carbonyl (C=O) groups is 1. The van der Waals surface area contributed by atoms with Crippen molar-refractivity contribution in [3.63, 3.8) is 0 Å². The second-order valence-corrected chi connectivity index (χ2v) is 4.91. The fourth-order valence-corrected chi connectivity index (χ4v) is 2.22. The summed E-state index contributed by atoms with van der Waals surface area (Å²) in [5, 5.41) is 13.4. The van der Waals surface area contributed by atoms with E-state index in [9.17, 15) is 4.79 Å². The third-order valence-electron chi connectivity index (χ3n) is 3.45. The van der Waals surface area contributed by atoms with Crippen LogP contribution in [-0.4, -0.2) is 16.2 Å². The minimum absolute atomic E-state index is 0.217. The maximum absolute atomic E-state index is 12.1. The highest BCUT2D eigenvalue weighted by Crippen LogP contribution is 2.22. The molecule has 0 saturated carbocycles. The van der Waals surface area contributed by atoms with Gasteiger partial charge in [-0.05, 0) is 24.0 Å². The molecule has 0 bridgehead atoms. The Morgan fingerprint density at radius 1 is 1.05 bits per heavy atom. The lowest BCUT2D eigenvalue weighted by Gasteiger charge is -2.14. The Bertz CT molecular complexity index is 615. The molecule has 2 amide bonds. The van der Waals surface area contributed by atoms with E-state index in [0.717, 1.165) is 29.7 Å². The summed E-state index contributed by atoms with van der Waals surface area (Å²) in [5.41, 5.74) is 3.14. The summed E-state index contributed by atoms with van der Waals surface area (Å²) in [7, 11) is 0. The van der Waals surface area contributed by atoms with Crippen molar-refractivity contribution in [1.82, 2.24) is 15.5 Å². The molecule has 6 heteroatoms. The van der Waals surface area contributed by atoms with Crippen LogP contribution in [-0.2, 0) is 25.8 Å². The first-order valence-corrected chi connectivity index (χ1v) is 7.64. The van der Waals surface area contributed by atoms with Crippen LogP contribution >= 0.6 is 0 Å². The van der Waals surface area contributed by atoms with Crippen molar-refractivity contribution in [2.75, 3.05) is 5.32 Å². The lowest BCUT2D eigenvalue weighted by molar-refractivity contribution is 0.250. The molecule has 1 aromatic carbocycles. The maximum Gasteiger partial charge on any atom is 0.319 e. The van der Waals surface area contributed by atoms with Crippen molar-refractivity contribution in [3.05, 3.63) is 41.1 Å². The van der Waals surface area contributed by atoms with Gasteiger partial charge in [-0.15, -0.1) is 10.2 Å². The molecule has 0 spiro atoms. The van der Waals surface area contributed by atoms with E-state index in [0.29, 0.717) is 18.2 Å². The lowest BCUT2D eigenvalue weighted by Crippen LogP contribution is -2.29. The van der Waals surface area contributed by atoms with Crippen LogP contribution in [0.25, 0.3) is 0 Å². The van der Waals surface area contributed by atoms with Gasteiger partial charge in [0.05, 0.1) is 6.54 Å². The zero-order valence-corrected chi connectivity index (χ0v) is 13.3. The summed E-state index contributed by atoms with van der Waals surface area (Å²) in [5.74, 6) is 0.980. The molecule has 2 aromatic rings. The zero-order valence-electron chi connectivity index (χ0n) is 13.3. The van der Waals surface area contributed by atoms with Crippen LogP contribution in [0.15, 0.2) is 22.6 Å². The summed E-state index contributed by atoms with van der Waals surface area (Å²) < 4.78 is 5.36. The van der Waals surface area contributed by atoms with Crippen molar-refractivity contribution < 1.29 is 9.21 Å². The Morgan fingerprint density at radius 2 is 1.68 bits per heavy atom. The molecular formula is C16H22N4O2. The number of carbonyl (C=O) groups excluding carboxylic acids is 1. The van der Waals surface area contributed by atoms with Crippen LogP contribution in [0.5, 0.6) is 0 Å². The Balaban J connectivity index is 2.00. The van der Waals surface area contributed by atoms with E-state index in [2.05, 4.69) is 34.7 Å². The number of benzene rings is 1. The van der Waals surface area contributed by atoms with Crippen LogP contribution in [0.4, 0.5) is 10.5 Å². The van der Waals surface area contributed by atoms with Gasteiger partial charge in [-0.25, -0.2) is 4.79 Å². The predicted molar refractivity (Wildman–Crippen MR) is 84.7 cm³/mol. The van der Waals surface area contributed by atoms with E-state index >= 15 is 0 Å². The molecule has 2 N–H and O–H groups in total. The molecule has 0 radical (unpaired) electrons. The maximum atomic E-state index is 12.1. The Kier molecular flexibility index (Phi) is 5.52. The van der Waals surface area contributed by atoms with Gasteiger partial charge in [-0.3, -0.25) is 0 Å². The fraction of sp³-hybridized carbons (Fsp3) is 0.438. The number of aromatic nitrogens is 2. The van der Waals surface area contributed by atoms with Crippen LogP contribution in [0.1, 0.15) is 43.7 Å². The van der Waals surface area contributed by atoms with E-state index in [1.54, 1.807) is 0 Å². The van der Waals surface area contributed by atoms with Gasteiger partial charge in [0.2, 0.25) is 11.8 Å². The Labute approximate surface area is 130 Å². The number of hydrogen-bond donors (Lipinski definition) is 2. The number of amides is 2. The summed E-state index contributed by atoms with van der Waals surface area (Å²) in [6.45, 7) is 6.30. The van der Waals surface area contributed by atoms with Crippen molar-refractivity contribution in [2.45, 2.75) is 46.6 Å². The minimum Gasteiger partial charge on any atom is -0.423 e. The first-order chi connectivity index (χ1) is 10.7. The van der Waals surface area contributed by atoms with Crippen LogP contribution < -0.4 is 10.6 Å². The van der Waals surface area contributed by atoms with Crippen molar-refractivity contribution in [2.24, 2.45) is 0 Å². The molecule has 0 atom stereocenters. The normalized spacial score (nSPS) is 10.5. The van der Waals surface area contributed by atoms with Crippen molar-refractivity contribution in [1.29, 1.82) is 0 Å². The van der Waals surface area contributed by atoms with Gasteiger partial charge in [0.25, 0.3) is 0 Å². The summed E-state index contributed by atoms with van der Waals surface area (Å²) in [6.07, 6.45) is 2.42. The van der Waals surface area contributed by atoms with E-state index in [4.69, 9.17) is 4.42 Å². The third kappa shape index (κ3) is 3.84. The van der Waals surface area contributed by atoms with Crippen LogP contribution in [0, 0.1) is 0 Å². The highest BCUT2D eigenvalue weighted by Gasteiger charge is 2.11. The molecule has 118 valence electrons. The number of anilines is 1. The van der Waals surface area contributed by atoms with Gasteiger partial charge in [0, 0.05) is 12.1 Å². The van der Waals surface area contributed by atoms with Gasteiger partial charge in [-0.2, -0.15) is 0 Å². The molecule has 0 aliphatic heterocycles. The number of nitrogens with one attached hydrogen (secondary N) is 2. The quantitative estimate of drug-likeness (QED) is 0.859. The molecule has 22 heavy (non-hydrogen) atoms. The van der Waals surface area contributed by atoms with Gasteiger partial charge in [0.15, 0.2) is 0 Å². The number of urea groups is 1. The van der Waals surface area contributed by atoms with E-state index < -0.39 is 0 Å². The Morgan fingerprint density at radius 3 is 2.23 bits per heavy atom. The smallest absolute Gasteiger partial charge is 0.319 e. The second kappa shape index (κ2) is 7.59. The molecule has 2 rings (SSSR count). The zero-order chi connectivity index (χ0) is 15.9. The van der Waals surface area contributed by atoms with E-state index in [1.807, 2.05) is 25.1 Å². The van der Waals surface area contributed by atoms with E-state index in [1.165, 1.54) is 0 Å². The number of rotatable bonds is 6. The molecule has 0 saturated heterocycles. The largest absolute Gasteiger partial charge is 0.423 e. The highest BCUT2D eigenvalue weighted by molar-refractivity contribution is 5.91. The molecular weight excluding hydrogens is 280 g/mol. The standard InChI is InChI=1S/C16H22N4O2/c1-4-11-8-7-9-12(5-2)15(11)18-16(21)17-10-14-20-19-13(6-3)22-14/h7-9H,4-6,10H2,1-3H3,(H2,17,18,21). The number of hydrogen-bond acceptors (Lipinski definition) is 4. The molecule has 0 aliphatic rings. The average molecular weight is 302 g/mol. The number of para-hydroxylation sites is 1. The topological polar surface area (TPSA) is 80.0 Å². The van der Waals surface area contributed by atoms with Crippen molar-refractivity contribution >= 4 is 11.7 Å². The Hall–Kier alpha value is -2.37. The average Bonchev–Trinajstić information content (AvgIpc) is 3.01. The summed E-state index contributed by atoms with van der Waals surface area (Å²) >= 11 is 0. The van der Waals surface area contributed by atoms with Crippen LogP contribution in [0.2, 0.25) is 0 Å². The first-order valence-electron chi connectivity index (χ1n) is 7.64.